The van der Waals surface area contributed by atoms with E-state index in [2.05, 4.69) is 35.8 Å². The summed E-state index contributed by atoms with van der Waals surface area (Å²) in [4.78, 5) is 4.40. The summed E-state index contributed by atoms with van der Waals surface area (Å²) in [6.07, 6.45) is 6.35. The van der Waals surface area contributed by atoms with E-state index >= 15 is 0 Å². The van der Waals surface area contributed by atoms with Crippen molar-refractivity contribution in [3.8, 4) is 0 Å². The van der Waals surface area contributed by atoms with Crippen LogP contribution in [-0.4, -0.2) is 22.1 Å². The molecule has 1 fully saturated rings. The lowest BCUT2D eigenvalue weighted by Crippen LogP contribution is -2.34. The summed E-state index contributed by atoms with van der Waals surface area (Å²) in [6, 6.07) is 0.617. The van der Waals surface area contributed by atoms with Gasteiger partial charge in [0.15, 0.2) is 0 Å². The molecule has 0 aliphatic heterocycles. The molecule has 3 nitrogen and oxygen atoms in total. The average molecular weight is 207 g/mol. The second-order valence-corrected chi connectivity index (χ2v) is 4.70. The topological polar surface area (TPSA) is 29.9 Å². The molecule has 15 heavy (non-hydrogen) atoms. The molecule has 0 aromatic carbocycles. The van der Waals surface area contributed by atoms with Crippen LogP contribution < -0.4 is 5.32 Å². The van der Waals surface area contributed by atoms with E-state index in [0.717, 1.165) is 24.8 Å². The lowest BCUT2D eigenvalue weighted by atomic mass is 10.1. The third-order valence-electron chi connectivity index (χ3n) is 3.48. The molecule has 3 heteroatoms. The van der Waals surface area contributed by atoms with Crippen LogP contribution in [0.5, 0.6) is 0 Å². The predicted molar refractivity (Wildman–Crippen MR) is 61.6 cm³/mol. The number of imidazole rings is 1. The zero-order valence-electron chi connectivity index (χ0n) is 9.90. The van der Waals surface area contributed by atoms with Crippen LogP contribution >= 0.6 is 0 Å². The van der Waals surface area contributed by atoms with E-state index in [4.69, 9.17) is 0 Å². The fraction of sp³-hybridized carbons (Fsp3) is 0.750. The lowest BCUT2D eigenvalue weighted by Gasteiger charge is -2.17. The number of aryl methyl sites for hydroxylation is 1. The number of rotatable bonds is 5. The number of nitrogens with zero attached hydrogens (tertiary/aromatic N) is 2. The number of aromatic nitrogens is 2. The van der Waals surface area contributed by atoms with Crippen LogP contribution in [0.4, 0.5) is 0 Å². The van der Waals surface area contributed by atoms with Crippen molar-refractivity contribution in [3.05, 3.63) is 18.2 Å². The van der Waals surface area contributed by atoms with Crippen molar-refractivity contribution < 1.29 is 0 Å². The zero-order valence-corrected chi connectivity index (χ0v) is 9.90. The monoisotopic (exact) mass is 207 g/mol. The standard InChI is InChI=1S/C12H21N3/c1-4-13-11(10-7-9(10)2)8-12-14-5-6-15(12)3/h5-6,9-11,13H,4,7-8H2,1-3H3. The van der Waals surface area contributed by atoms with Crippen molar-refractivity contribution in [2.75, 3.05) is 6.54 Å². The van der Waals surface area contributed by atoms with Gasteiger partial charge < -0.3 is 9.88 Å². The molecule has 0 radical (unpaired) electrons. The largest absolute Gasteiger partial charge is 0.338 e. The summed E-state index contributed by atoms with van der Waals surface area (Å²) >= 11 is 0. The van der Waals surface area contributed by atoms with Gasteiger partial charge in [0.05, 0.1) is 0 Å². The van der Waals surface area contributed by atoms with E-state index in [1.165, 1.54) is 12.2 Å². The Morgan fingerprint density at radius 2 is 2.40 bits per heavy atom. The van der Waals surface area contributed by atoms with E-state index in [-0.39, 0.29) is 0 Å². The van der Waals surface area contributed by atoms with Crippen molar-refractivity contribution in [1.82, 2.24) is 14.9 Å². The van der Waals surface area contributed by atoms with E-state index in [9.17, 15) is 0 Å². The van der Waals surface area contributed by atoms with Gasteiger partial charge in [0, 0.05) is 31.9 Å². The van der Waals surface area contributed by atoms with Crippen molar-refractivity contribution in [3.63, 3.8) is 0 Å². The van der Waals surface area contributed by atoms with Crippen LogP contribution in [0.25, 0.3) is 0 Å². The Bertz CT molecular complexity index is 318. The molecule has 0 bridgehead atoms. The van der Waals surface area contributed by atoms with Crippen LogP contribution in [0.2, 0.25) is 0 Å². The molecule has 0 amide bonds. The second kappa shape index (κ2) is 4.35. The molecule has 1 aromatic rings. The van der Waals surface area contributed by atoms with Gasteiger partial charge in [0.2, 0.25) is 0 Å². The molecule has 0 spiro atoms. The third-order valence-corrected chi connectivity index (χ3v) is 3.48. The minimum absolute atomic E-state index is 0.617. The molecule has 0 saturated heterocycles. The highest BCUT2D eigenvalue weighted by Crippen LogP contribution is 2.41. The fourth-order valence-corrected chi connectivity index (χ4v) is 2.34. The normalized spacial score (nSPS) is 26.6. The minimum atomic E-state index is 0.617. The maximum absolute atomic E-state index is 4.40. The molecular weight excluding hydrogens is 186 g/mol. The minimum Gasteiger partial charge on any atom is -0.338 e. The molecule has 3 unspecified atom stereocenters. The van der Waals surface area contributed by atoms with Crippen molar-refractivity contribution >= 4 is 0 Å². The van der Waals surface area contributed by atoms with Crippen LogP contribution in [0.3, 0.4) is 0 Å². The van der Waals surface area contributed by atoms with Gasteiger partial charge in [0.1, 0.15) is 5.82 Å². The van der Waals surface area contributed by atoms with Crippen LogP contribution in [0.1, 0.15) is 26.1 Å². The number of nitrogens with one attached hydrogen (secondary N) is 1. The van der Waals surface area contributed by atoms with Gasteiger partial charge in [-0.2, -0.15) is 0 Å². The van der Waals surface area contributed by atoms with E-state index in [1.807, 2.05) is 12.4 Å². The van der Waals surface area contributed by atoms with Gasteiger partial charge in [-0.05, 0) is 24.8 Å². The molecule has 1 aliphatic rings. The Hall–Kier alpha value is -0.830. The van der Waals surface area contributed by atoms with Gasteiger partial charge in [-0.1, -0.05) is 13.8 Å². The van der Waals surface area contributed by atoms with Crippen molar-refractivity contribution in [2.24, 2.45) is 18.9 Å². The Morgan fingerprint density at radius 3 is 2.87 bits per heavy atom. The summed E-state index contributed by atoms with van der Waals surface area (Å²) in [5.74, 6) is 2.95. The molecule has 1 heterocycles. The molecular formula is C12H21N3. The SMILES string of the molecule is CCNC(Cc1nccn1C)C1CC1C. The first-order valence-corrected chi connectivity index (χ1v) is 5.92. The fourth-order valence-electron chi connectivity index (χ4n) is 2.34. The van der Waals surface area contributed by atoms with Crippen molar-refractivity contribution in [2.45, 2.75) is 32.7 Å². The summed E-state index contributed by atoms with van der Waals surface area (Å²) in [7, 11) is 2.07. The van der Waals surface area contributed by atoms with Gasteiger partial charge in [-0.15, -0.1) is 0 Å². The van der Waals surface area contributed by atoms with Gasteiger partial charge >= 0.3 is 0 Å². The number of hydrogen-bond donors (Lipinski definition) is 1. The summed E-state index contributed by atoms with van der Waals surface area (Å²) in [6.45, 7) is 5.57. The van der Waals surface area contributed by atoms with Gasteiger partial charge in [-0.25, -0.2) is 4.98 Å². The average Bonchev–Trinajstić information content (AvgIpc) is 2.79. The van der Waals surface area contributed by atoms with E-state index in [0.29, 0.717) is 6.04 Å². The Balaban J connectivity index is 1.97. The highest BCUT2D eigenvalue weighted by molar-refractivity contribution is 5.00. The van der Waals surface area contributed by atoms with Crippen LogP contribution in [-0.2, 0) is 13.5 Å². The first kappa shape index (κ1) is 10.7. The third kappa shape index (κ3) is 2.40. The first-order chi connectivity index (χ1) is 7.22. The molecule has 84 valence electrons. The summed E-state index contributed by atoms with van der Waals surface area (Å²) in [5, 5.41) is 3.59. The smallest absolute Gasteiger partial charge is 0.109 e. The van der Waals surface area contributed by atoms with Gasteiger partial charge in [-0.3, -0.25) is 0 Å². The molecule has 1 aliphatic carbocycles. The maximum atomic E-state index is 4.40. The number of hydrogen-bond acceptors (Lipinski definition) is 2. The van der Waals surface area contributed by atoms with E-state index < -0.39 is 0 Å². The maximum Gasteiger partial charge on any atom is 0.109 e. The Kier molecular flexibility index (Phi) is 3.10. The molecule has 1 N–H and O–H groups in total. The zero-order chi connectivity index (χ0) is 10.8. The highest BCUT2D eigenvalue weighted by Gasteiger charge is 2.39. The first-order valence-electron chi connectivity index (χ1n) is 5.92. The molecule has 3 atom stereocenters. The number of likely N-dealkylation sites (N-methyl/N-ethyl adjacent to an activating group) is 1. The van der Waals surface area contributed by atoms with Crippen LogP contribution in [0.15, 0.2) is 12.4 Å². The highest BCUT2D eigenvalue weighted by atomic mass is 15.0. The summed E-state index contributed by atoms with van der Waals surface area (Å²) in [5.41, 5.74) is 0. The Morgan fingerprint density at radius 1 is 1.67 bits per heavy atom. The van der Waals surface area contributed by atoms with E-state index in [1.54, 1.807) is 0 Å². The molecule has 1 aromatic heterocycles. The van der Waals surface area contributed by atoms with Crippen LogP contribution in [0, 0.1) is 11.8 Å². The second-order valence-electron chi connectivity index (χ2n) is 4.70. The summed E-state index contributed by atoms with van der Waals surface area (Å²) < 4.78 is 2.12. The Labute approximate surface area is 91.9 Å². The lowest BCUT2D eigenvalue weighted by molar-refractivity contribution is 0.442. The predicted octanol–water partition coefficient (Wildman–Crippen LogP) is 1.60. The van der Waals surface area contributed by atoms with Gasteiger partial charge in [0.25, 0.3) is 0 Å². The molecule has 1 saturated carbocycles. The quantitative estimate of drug-likeness (QED) is 0.794. The molecule has 2 rings (SSSR count). The van der Waals surface area contributed by atoms with Crippen molar-refractivity contribution in [1.29, 1.82) is 0 Å².